The highest BCUT2D eigenvalue weighted by Crippen LogP contribution is 2.24. The van der Waals surface area contributed by atoms with Crippen molar-refractivity contribution in [3.63, 3.8) is 0 Å². The quantitative estimate of drug-likeness (QED) is 0.914. The zero-order chi connectivity index (χ0) is 12.3. The van der Waals surface area contributed by atoms with Crippen LogP contribution < -0.4 is 5.56 Å². The first kappa shape index (κ1) is 13.1. The summed E-state index contributed by atoms with van der Waals surface area (Å²) in [6.07, 6.45) is -0.134. The molecule has 1 saturated heterocycles. The molecule has 5 nitrogen and oxygen atoms in total. The van der Waals surface area contributed by atoms with Gasteiger partial charge in [-0.25, -0.2) is 4.98 Å². The van der Waals surface area contributed by atoms with Crippen molar-refractivity contribution in [2.45, 2.75) is 12.7 Å². The average Bonchev–Trinajstić information content (AvgIpc) is 2.36. The molecule has 1 N–H and O–H groups in total. The second-order valence-corrected chi connectivity index (χ2v) is 5.52. The van der Waals surface area contributed by atoms with Crippen LogP contribution in [0.1, 0.15) is 17.6 Å². The maximum atomic E-state index is 11.7. The third kappa shape index (κ3) is 3.09. The van der Waals surface area contributed by atoms with Crippen molar-refractivity contribution in [3.8, 4) is 0 Å². The van der Waals surface area contributed by atoms with E-state index >= 15 is 0 Å². The largest absolute Gasteiger partial charge is 0.378 e. The fourth-order valence-electron chi connectivity index (χ4n) is 1.56. The van der Waals surface area contributed by atoms with Crippen LogP contribution >= 0.6 is 27.7 Å². The predicted molar refractivity (Wildman–Crippen MR) is 69.3 cm³/mol. The molecule has 0 amide bonds. The number of halogens is 1. The van der Waals surface area contributed by atoms with Gasteiger partial charge in [-0.1, -0.05) is 0 Å². The molecule has 1 fully saturated rings. The molecule has 0 aliphatic carbocycles. The van der Waals surface area contributed by atoms with Gasteiger partial charge in [-0.15, -0.1) is 0 Å². The maximum absolute atomic E-state index is 11.7. The van der Waals surface area contributed by atoms with Gasteiger partial charge in [0.1, 0.15) is 16.4 Å². The highest BCUT2D eigenvalue weighted by molar-refractivity contribution is 9.10. The SMILES string of the molecule is COCc1nc(C2CSCCO2)[nH]c(=O)c1Br. The Morgan fingerprint density at radius 3 is 3.18 bits per heavy atom. The number of aromatic nitrogens is 2. The molecule has 0 spiro atoms. The minimum atomic E-state index is -0.193. The second-order valence-electron chi connectivity index (χ2n) is 3.58. The van der Waals surface area contributed by atoms with Gasteiger partial charge in [0.25, 0.3) is 5.56 Å². The van der Waals surface area contributed by atoms with E-state index in [4.69, 9.17) is 9.47 Å². The number of H-pyrrole nitrogens is 1. The van der Waals surface area contributed by atoms with Crippen LogP contribution in [0.4, 0.5) is 0 Å². The van der Waals surface area contributed by atoms with E-state index < -0.39 is 0 Å². The molecule has 2 heterocycles. The zero-order valence-corrected chi connectivity index (χ0v) is 11.8. The van der Waals surface area contributed by atoms with E-state index in [2.05, 4.69) is 25.9 Å². The number of nitrogens with one attached hydrogen (secondary N) is 1. The van der Waals surface area contributed by atoms with Crippen molar-refractivity contribution in [3.05, 3.63) is 26.3 Å². The summed E-state index contributed by atoms with van der Waals surface area (Å²) in [5, 5.41) is 0. The van der Waals surface area contributed by atoms with Crippen molar-refractivity contribution >= 4 is 27.7 Å². The summed E-state index contributed by atoms with van der Waals surface area (Å²) < 4.78 is 11.0. The number of thioether (sulfide) groups is 1. The van der Waals surface area contributed by atoms with Crippen LogP contribution in [-0.4, -0.2) is 35.2 Å². The molecule has 0 bridgehead atoms. The Morgan fingerprint density at radius 2 is 2.53 bits per heavy atom. The monoisotopic (exact) mass is 320 g/mol. The number of aromatic amines is 1. The summed E-state index contributed by atoms with van der Waals surface area (Å²) in [5.41, 5.74) is 0.409. The Labute approximate surface area is 111 Å². The maximum Gasteiger partial charge on any atom is 0.265 e. The van der Waals surface area contributed by atoms with Crippen LogP contribution in [0.2, 0.25) is 0 Å². The van der Waals surface area contributed by atoms with E-state index in [9.17, 15) is 4.79 Å². The van der Waals surface area contributed by atoms with E-state index in [-0.39, 0.29) is 11.7 Å². The molecular weight excluding hydrogens is 308 g/mol. The highest BCUT2D eigenvalue weighted by atomic mass is 79.9. The third-order valence-electron chi connectivity index (χ3n) is 2.35. The van der Waals surface area contributed by atoms with Crippen LogP contribution in [0.5, 0.6) is 0 Å². The van der Waals surface area contributed by atoms with E-state index in [0.717, 1.165) is 11.5 Å². The van der Waals surface area contributed by atoms with Gasteiger partial charge >= 0.3 is 0 Å². The van der Waals surface area contributed by atoms with Crippen LogP contribution in [0.3, 0.4) is 0 Å². The first-order valence-corrected chi connectivity index (χ1v) is 7.14. The number of nitrogens with zero attached hydrogens (tertiary/aromatic N) is 1. The second kappa shape index (κ2) is 5.99. The summed E-state index contributed by atoms with van der Waals surface area (Å²) >= 11 is 5.00. The lowest BCUT2D eigenvalue weighted by atomic mass is 10.3. The number of hydrogen-bond acceptors (Lipinski definition) is 5. The lowest BCUT2D eigenvalue weighted by Gasteiger charge is -2.21. The van der Waals surface area contributed by atoms with E-state index in [0.29, 0.717) is 29.2 Å². The Balaban J connectivity index is 2.30. The lowest BCUT2D eigenvalue weighted by Crippen LogP contribution is -2.23. The lowest BCUT2D eigenvalue weighted by molar-refractivity contribution is 0.0685. The van der Waals surface area contributed by atoms with Gasteiger partial charge in [0.2, 0.25) is 0 Å². The molecule has 1 aromatic rings. The van der Waals surface area contributed by atoms with Gasteiger partial charge in [-0.05, 0) is 15.9 Å². The Hall–Kier alpha value is -0.370. The Morgan fingerprint density at radius 1 is 1.71 bits per heavy atom. The molecular formula is C10H13BrN2O3S. The van der Waals surface area contributed by atoms with Gasteiger partial charge in [-0.3, -0.25) is 4.79 Å². The summed E-state index contributed by atoms with van der Waals surface area (Å²) in [4.78, 5) is 18.8. The standard InChI is InChI=1S/C10H13BrN2O3S/c1-15-4-6-8(11)10(14)13-9(12-6)7-5-17-3-2-16-7/h7H,2-5H2,1H3,(H,12,13,14). The van der Waals surface area contributed by atoms with Gasteiger partial charge in [-0.2, -0.15) is 11.8 Å². The molecule has 0 saturated carbocycles. The minimum Gasteiger partial charge on any atom is -0.378 e. The van der Waals surface area contributed by atoms with Crippen molar-refractivity contribution in [2.24, 2.45) is 0 Å². The van der Waals surface area contributed by atoms with E-state index in [1.54, 1.807) is 18.9 Å². The molecule has 17 heavy (non-hydrogen) atoms. The summed E-state index contributed by atoms with van der Waals surface area (Å²) in [6, 6.07) is 0. The molecule has 0 radical (unpaired) electrons. The molecule has 94 valence electrons. The Bertz CT molecular complexity index is 446. The van der Waals surface area contributed by atoms with Crippen LogP contribution in [0, 0.1) is 0 Å². The molecule has 1 aliphatic rings. The summed E-state index contributed by atoms with van der Waals surface area (Å²) in [6.45, 7) is 0.992. The minimum absolute atomic E-state index is 0.134. The fourth-order valence-corrected chi connectivity index (χ4v) is 2.71. The Kier molecular flexibility index (Phi) is 4.61. The zero-order valence-electron chi connectivity index (χ0n) is 9.36. The van der Waals surface area contributed by atoms with Gasteiger partial charge in [0, 0.05) is 18.6 Å². The van der Waals surface area contributed by atoms with Gasteiger partial charge < -0.3 is 14.5 Å². The third-order valence-corrected chi connectivity index (χ3v) is 4.16. The average molecular weight is 321 g/mol. The number of rotatable bonds is 3. The van der Waals surface area contributed by atoms with Crippen LogP contribution in [0.15, 0.2) is 9.27 Å². The smallest absolute Gasteiger partial charge is 0.265 e. The van der Waals surface area contributed by atoms with Crippen molar-refractivity contribution in [2.75, 3.05) is 25.2 Å². The van der Waals surface area contributed by atoms with Crippen LogP contribution in [0.25, 0.3) is 0 Å². The first-order valence-electron chi connectivity index (χ1n) is 5.19. The topological polar surface area (TPSA) is 64.2 Å². The fraction of sp³-hybridized carbons (Fsp3) is 0.600. The van der Waals surface area contributed by atoms with E-state index in [1.165, 1.54) is 0 Å². The van der Waals surface area contributed by atoms with Crippen molar-refractivity contribution < 1.29 is 9.47 Å². The van der Waals surface area contributed by atoms with Crippen LogP contribution in [-0.2, 0) is 16.1 Å². The highest BCUT2D eigenvalue weighted by Gasteiger charge is 2.20. The summed E-state index contributed by atoms with van der Waals surface area (Å²) in [7, 11) is 1.57. The van der Waals surface area contributed by atoms with Crippen molar-refractivity contribution in [1.29, 1.82) is 0 Å². The van der Waals surface area contributed by atoms with E-state index in [1.807, 2.05) is 0 Å². The van der Waals surface area contributed by atoms with Gasteiger partial charge in [0.05, 0.1) is 18.9 Å². The predicted octanol–water partition coefficient (Wildman–Crippen LogP) is 1.48. The molecule has 1 aromatic heterocycles. The number of hydrogen-bond donors (Lipinski definition) is 1. The molecule has 0 aromatic carbocycles. The normalized spacial score (nSPS) is 20.5. The molecule has 1 aliphatic heterocycles. The number of methoxy groups -OCH3 is 1. The first-order chi connectivity index (χ1) is 8.22. The molecule has 7 heteroatoms. The number of ether oxygens (including phenoxy) is 2. The molecule has 2 rings (SSSR count). The summed E-state index contributed by atoms with van der Waals surface area (Å²) in [5.74, 6) is 2.39. The van der Waals surface area contributed by atoms with Crippen molar-refractivity contribution in [1.82, 2.24) is 9.97 Å². The molecule has 1 unspecified atom stereocenters. The molecule has 1 atom stereocenters. The van der Waals surface area contributed by atoms with Gasteiger partial charge in [0.15, 0.2) is 0 Å².